The largest absolute Gasteiger partial charge is 0.406 e. The van der Waals surface area contributed by atoms with Gasteiger partial charge in [0.1, 0.15) is 12.4 Å². The number of halogens is 3. The van der Waals surface area contributed by atoms with Crippen LogP contribution in [0, 0.1) is 0 Å². The third-order valence-corrected chi connectivity index (χ3v) is 2.70. The topological polar surface area (TPSA) is 45.2 Å². The van der Waals surface area contributed by atoms with E-state index in [1.807, 2.05) is 13.8 Å². The number of hydrogen-bond acceptors (Lipinski definition) is 3. The molecule has 4 nitrogen and oxygen atoms in total. The van der Waals surface area contributed by atoms with E-state index in [0.717, 1.165) is 7.05 Å². The Bertz CT molecular complexity index is 486. The van der Waals surface area contributed by atoms with E-state index >= 15 is 0 Å². The second-order valence-electron chi connectivity index (χ2n) is 4.85. The summed E-state index contributed by atoms with van der Waals surface area (Å²) >= 11 is 0. The Labute approximate surface area is 116 Å². The fraction of sp³-hybridized carbons (Fsp3) is 0.538. The number of aromatic nitrogens is 1. The molecule has 0 spiro atoms. The summed E-state index contributed by atoms with van der Waals surface area (Å²) in [6, 6.07) is 2.97. The van der Waals surface area contributed by atoms with Crippen molar-refractivity contribution in [3.8, 4) is 0 Å². The maximum atomic E-state index is 12.3. The minimum absolute atomic E-state index is 0.0720. The van der Waals surface area contributed by atoms with E-state index in [1.54, 1.807) is 7.05 Å². The minimum Gasteiger partial charge on any atom is -0.373 e. The Hall–Kier alpha value is -1.79. The highest BCUT2D eigenvalue weighted by Crippen LogP contribution is 2.20. The van der Waals surface area contributed by atoms with Crippen LogP contribution in [0.1, 0.15) is 35.8 Å². The van der Waals surface area contributed by atoms with Gasteiger partial charge < -0.3 is 10.2 Å². The normalized spacial score (nSPS) is 11.6. The van der Waals surface area contributed by atoms with Gasteiger partial charge in [-0.1, -0.05) is 13.8 Å². The van der Waals surface area contributed by atoms with Crippen LogP contribution in [0.3, 0.4) is 0 Å². The number of pyridine rings is 1. The first-order valence-electron chi connectivity index (χ1n) is 6.16. The molecule has 1 heterocycles. The summed E-state index contributed by atoms with van der Waals surface area (Å²) in [5.41, 5.74) is 0.848. The zero-order valence-electron chi connectivity index (χ0n) is 11.9. The third-order valence-electron chi connectivity index (χ3n) is 2.70. The van der Waals surface area contributed by atoms with Crippen LogP contribution in [0.5, 0.6) is 0 Å². The number of amides is 1. The lowest BCUT2D eigenvalue weighted by atomic mass is 10.1. The molecule has 0 saturated carbocycles. The second-order valence-corrected chi connectivity index (χ2v) is 4.85. The van der Waals surface area contributed by atoms with Gasteiger partial charge in [-0.2, -0.15) is 13.2 Å². The first-order chi connectivity index (χ1) is 9.14. The van der Waals surface area contributed by atoms with E-state index in [9.17, 15) is 18.0 Å². The lowest BCUT2D eigenvalue weighted by molar-refractivity contribution is -0.138. The van der Waals surface area contributed by atoms with Crippen molar-refractivity contribution in [2.45, 2.75) is 25.9 Å². The number of carbonyl (C=O) groups is 1. The molecule has 0 saturated heterocycles. The molecule has 0 atom stereocenters. The Balaban J connectivity index is 3.06. The molecule has 0 aromatic carbocycles. The van der Waals surface area contributed by atoms with E-state index in [4.69, 9.17) is 0 Å². The lowest BCUT2D eigenvalue weighted by Gasteiger charge is -2.20. The van der Waals surface area contributed by atoms with Gasteiger partial charge in [-0.05, 0) is 18.1 Å². The fourth-order valence-corrected chi connectivity index (χ4v) is 1.66. The van der Waals surface area contributed by atoms with Gasteiger partial charge >= 0.3 is 6.18 Å². The fourth-order valence-electron chi connectivity index (χ4n) is 1.66. The van der Waals surface area contributed by atoms with Gasteiger partial charge in [-0.15, -0.1) is 0 Å². The first-order valence-corrected chi connectivity index (χ1v) is 6.16. The Morgan fingerprint density at radius 2 is 2.00 bits per heavy atom. The highest BCUT2D eigenvalue weighted by Gasteiger charge is 2.31. The van der Waals surface area contributed by atoms with Crippen molar-refractivity contribution in [1.82, 2.24) is 9.88 Å². The Morgan fingerprint density at radius 3 is 2.45 bits per heavy atom. The molecule has 1 N–H and O–H groups in total. The van der Waals surface area contributed by atoms with E-state index < -0.39 is 18.6 Å². The zero-order chi connectivity index (χ0) is 15.5. The molecular formula is C13H18F3N3O. The third kappa shape index (κ3) is 4.40. The standard InChI is InChI=1S/C13H18F3N3O/c1-8(2)10-5-9(6-11(17-3)18-10)12(20)19(4)7-13(14,15)16/h5-6,8H,7H2,1-4H3,(H,17,18). The number of carbonyl (C=O) groups excluding carboxylic acids is 1. The van der Waals surface area contributed by atoms with Crippen LogP contribution in [-0.2, 0) is 0 Å². The molecule has 0 fully saturated rings. The molecule has 0 unspecified atom stereocenters. The zero-order valence-corrected chi connectivity index (χ0v) is 11.9. The highest BCUT2D eigenvalue weighted by atomic mass is 19.4. The number of rotatable bonds is 4. The summed E-state index contributed by atoms with van der Waals surface area (Å²) in [5.74, 6) is -0.147. The van der Waals surface area contributed by atoms with Gasteiger partial charge in [0.25, 0.3) is 5.91 Å². The minimum atomic E-state index is -4.41. The molecule has 1 aromatic heterocycles. The summed E-state index contributed by atoms with van der Waals surface area (Å²) in [7, 11) is 2.77. The summed E-state index contributed by atoms with van der Waals surface area (Å²) in [5, 5.41) is 2.80. The molecule has 0 aliphatic carbocycles. The average molecular weight is 289 g/mol. The number of nitrogens with one attached hydrogen (secondary N) is 1. The molecule has 7 heteroatoms. The summed E-state index contributed by atoms with van der Waals surface area (Å²) in [4.78, 5) is 17.0. The number of hydrogen-bond donors (Lipinski definition) is 1. The molecule has 1 aromatic rings. The van der Waals surface area contributed by atoms with Crippen LogP contribution in [0.2, 0.25) is 0 Å². The van der Waals surface area contributed by atoms with Crippen LogP contribution in [-0.4, -0.2) is 42.6 Å². The van der Waals surface area contributed by atoms with Crippen LogP contribution in [0.4, 0.5) is 19.0 Å². The van der Waals surface area contributed by atoms with E-state index in [-0.39, 0.29) is 11.5 Å². The number of nitrogens with zero attached hydrogens (tertiary/aromatic N) is 2. The van der Waals surface area contributed by atoms with Crippen molar-refractivity contribution in [3.63, 3.8) is 0 Å². The van der Waals surface area contributed by atoms with Gasteiger partial charge in [0.05, 0.1) is 0 Å². The maximum Gasteiger partial charge on any atom is 0.406 e. The monoisotopic (exact) mass is 289 g/mol. The van der Waals surface area contributed by atoms with Gasteiger partial charge in [0.15, 0.2) is 0 Å². The van der Waals surface area contributed by atoms with Crippen molar-refractivity contribution in [1.29, 1.82) is 0 Å². The molecule has 0 radical (unpaired) electrons. The smallest absolute Gasteiger partial charge is 0.373 e. The quantitative estimate of drug-likeness (QED) is 0.927. The van der Waals surface area contributed by atoms with E-state index in [1.165, 1.54) is 12.1 Å². The second kappa shape index (κ2) is 6.11. The first kappa shape index (κ1) is 16.3. The van der Waals surface area contributed by atoms with Crippen LogP contribution >= 0.6 is 0 Å². The summed E-state index contributed by atoms with van der Waals surface area (Å²) < 4.78 is 36.9. The van der Waals surface area contributed by atoms with Crippen molar-refractivity contribution >= 4 is 11.7 Å². The SMILES string of the molecule is CNc1cc(C(=O)N(C)CC(F)(F)F)cc(C(C)C)n1. The van der Waals surface area contributed by atoms with Crippen molar-refractivity contribution in [2.24, 2.45) is 0 Å². The predicted octanol–water partition coefficient (Wildman–Crippen LogP) is 2.88. The summed E-state index contributed by atoms with van der Waals surface area (Å²) in [6.45, 7) is 2.52. The van der Waals surface area contributed by atoms with Gasteiger partial charge in [-0.3, -0.25) is 4.79 Å². The van der Waals surface area contributed by atoms with Gasteiger partial charge in [0.2, 0.25) is 0 Å². The summed E-state index contributed by atoms with van der Waals surface area (Å²) in [6.07, 6.45) is -4.41. The molecule has 1 rings (SSSR count). The van der Waals surface area contributed by atoms with Crippen LogP contribution < -0.4 is 5.32 Å². The van der Waals surface area contributed by atoms with Crippen molar-refractivity contribution in [2.75, 3.05) is 26.0 Å². The van der Waals surface area contributed by atoms with Gasteiger partial charge in [-0.25, -0.2) is 4.98 Å². The van der Waals surface area contributed by atoms with Gasteiger partial charge in [0, 0.05) is 25.4 Å². The molecule has 0 aliphatic heterocycles. The maximum absolute atomic E-state index is 12.3. The van der Waals surface area contributed by atoms with Crippen molar-refractivity contribution in [3.05, 3.63) is 23.4 Å². The lowest BCUT2D eigenvalue weighted by Crippen LogP contribution is -2.35. The molecule has 20 heavy (non-hydrogen) atoms. The molecule has 0 aliphatic rings. The molecule has 112 valence electrons. The highest BCUT2D eigenvalue weighted by molar-refractivity contribution is 5.95. The average Bonchev–Trinajstić information content (AvgIpc) is 2.35. The number of anilines is 1. The van der Waals surface area contributed by atoms with Crippen LogP contribution in [0.25, 0.3) is 0 Å². The van der Waals surface area contributed by atoms with E-state index in [0.29, 0.717) is 16.4 Å². The molecule has 1 amide bonds. The van der Waals surface area contributed by atoms with Crippen molar-refractivity contribution < 1.29 is 18.0 Å². The predicted molar refractivity (Wildman–Crippen MR) is 70.9 cm³/mol. The molecule has 0 bridgehead atoms. The Morgan fingerprint density at radius 1 is 1.40 bits per heavy atom. The number of alkyl halides is 3. The molecular weight excluding hydrogens is 271 g/mol. The van der Waals surface area contributed by atoms with Crippen LogP contribution in [0.15, 0.2) is 12.1 Å². The Kier molecular flexibility index (Phi) is 4.97. The van der Waals surface area contributed by atoms with E-state index in [2.05, 4.69) is 10.3 Å².